The predicted octanol–water partition coefficient (Wildman–Crippen LogP) is 3.08. The van der Waals surface area contributed by atoms with Crippen LogP contribution in [0.2, 0.25) is 0 Å². The van der Waals surface area contributed by atoms with Crippen LogP contribution in [-0.4, -0.2) is 16.0 Å². The molecule has 0 amide bonds. The van der Waals surface area contributed by atoms with E-state index in [1.807, 2.05) is 31.3 Å². The second-order valence-corrected chi connectivity index (χ2v) is 4.71. The Labute approximate surface area is 113 Å². The maximum Gasteiger partial charge on any atom is 0.148 e. The van der Waals surface area contributed by atoms with Crippen molar-refractivity contribution in [3.8, 4) is 11.5 Å². The van der Waals surface area contributed by atoms with Gasteiger partial charge in [0, 0.05) is 36.7 Å². The van der Waals surface area contributed by atoms with Gasteiger partial charge in [0.1, 0.15) is 11.5 Å². The first-order valence-corrected chi connectivity index (χ1v) is 6.42. The summed E-state index contributed by atoms with van der Waals surface area (Å²) in [6.45, 7) is 6.90. The molecule has 0 fully saturated rings. The molecule has 2 rings (SSSR count). The van der Waals surface area contributed by atoms with Crippen LogP contribution in [0.4, 0.5) is 0 Å². The van der Waals surface area contributed by atoms with Crippen molar-refractivity contribution in [3.63, 3.8) is 0 Å². The topological polar surface area (TPSA) is 47.0 Å². The van der Waals surface area contributed by atoms with Crippen LogP contribution in [0.3, 0.4) is 0 Å². The molecular weight excluding hydrogens is 238 g/mol. The number of pyridine rings is 2. The molecule has 0 aliphatic heterocycles. The third-order valence-corrected chi connectivity index (χ3v) is 2.74. The molecule has 0 aliphatic rings. The van der Waals surface area contributed by atoms with Gasteiger partial charge in [-0.1, -0.05) is 13.8 Å². The Bertz CT molecular complexity index is 540. The highest BCUT2D eigenvalue weighted by molar-refractivity contribution is 5.37. The summed E-state index contributed by atoms with van der Waals surface area (Å²) < 4.78 is 5.93. The number of nitrogens with zero attached hydrogens (tertiary/aromatic N) is 2. The van der Waals surface area contributed by atoms with Crippen LogP contribution in [0.5, 0.6) is 11.5 Å². The summed E-state index contributed by atoms with van der Waals surface area (Å²) in [6.07, 6.45) is 5.33. The van der Waals surface area contributed by atoms with Crippen LogP contribution in [0.15, 0.2) is 36.8 Å². The van der Waals surface area contributed by atoms with Gasteiger partial charge in [-0.15, -0.1) is 0 Å². The van der Waals surface area contributed by atoms with Gasteiger partial charge >= 0.3 is 0 Å². The van der Waals surface area contributed by atoms with Crippen molar-refractivity contribution >= 4 is 0 Å². The average Bonchev–Trinajstić information content (AvgIpc) is 2.40. The first-order chi connectivity index (χ1) is 9.16. The summed E-state index contributed by atoms with van der Waals surface area (Å²) in [5.41, 5.74) is 1.92. The predicted molar refractivity (Wildman–Crippen MR) is 75.3 cm³/mol. The monoisotopic (exact) mass is 257 g/mol. The SMILES string of the molecule is Cc1ncccc1Oc1ccncc1CNC(C)C. The fraction of sp³-hybridized carbons (Fsp3) is 0.333. The lowest BCUT2D eigenvalue weighted by Gasteiger charge is -2.13. The molecule has 0 aliphatic carbocycles. The molecule has 0 unspecified atom stereocenters. The van der Waals surface area contributed by atoms with E-state index in [1.165, 1.54) is 0 Å². The molecule has 4 nitrogen and oxygen atoms in total. The van der Waals surface area contributed by atoms with Gasteiger partial charge < -0.3 is 10.1 Å². The molecule has 4 heteroatoms. The van der Waals surface area contributed by atoms with E-state index in [4.69, 9.17) is 4.74 Å². The molecule has 2 aromatic heterocycles. The molecule has 2 heterocycles. The van der Waals surface area contributed by atoms with Gasteiger partial charge in [0.25, 0.3) is 0 Å². The molecular formula is C15H19N3O. The highest BCUT2D eigenvalue weighted by Crippen LogP contribution is 2.26. The van der Waals surface area contributed by atoms with E-state index in [1.54, 1.807) is 12.4 Å². The number of hydrogen-bond acceptors (Lipinski definition) is 4. The Hall–Kier alpha value is -1.94. The zero-order valence-corrected chi connectivity index (χ0v) is 11.6. The molecule has 0 aromatic carbocycles. The van der Waals surface area contributed by atoms with Gasteiger partial charge in [-0.05, 0) is 25.1 Å². The number of ether oxygens (including phenoxy) is 1. The molecule has 1 N–H and O–H groups in total. The van der Waals surface area contributed by atoms with Gasteiger partial charge in [0.15, 0.2) is 0 Å². The second-order valence-electron chi connectivity index (χ2n) is 4.71. The minimum atomic E-state index is 0.424. The van der Waals surface area contributed by atoms with Crippen LogP contribution in [0, 0.1) is 6.92 Å². The zero-order chi connectivity index (χ0) is 13.7. The lowest BCUT2D eigenvalue weighted by molar-refractivity contribution is 0.462. The van der Waals surface area contributed by atoms with Crippen molar-refractivity contribution in [1.29, 1.82) is 0 Å². The van der Waals surface area contributed by atoms with Crippen LogP contribution < -0.4 is 10.1 Å². The normalized spacial score (nSPS) is 10.7. The highest BCUT2D eigenvalue weighted by Gasteiger charge is 2.07. The van der Waals surface area contributed by atoms with Crippen LogP contribution >= 0.6 is 0 Å². The summed E-state index contributed by atoms with van der Waals surface area (Å²) in [7, 11) is 0. The van der Waals surface area contributed by atoms with Gasteiger partial charge in [0.05, 0.1) is 5.69 Å². The summed E-state index contributed by atoms with van der Waals surface area (Å²) in [4.78, 5) is 8.37. The molecule has 0 atom stereocenters. The summed E-state index contributed by atoms with van der Waals surface area (Å²) in [5.74, 6) is 1.60. The molecule has 100 valence electrons. The third kappa shape index (κ3) is 3.76. The van der Waals surface area contributed by atoms with E-state index in [2.05, 4.69) is 29.1 Å². The van der Waals surface area contributed by atoms with E-state index in [0.717, 1.165) is 29.3 Å². The number of rotatable bonds is 5. The third-order valence-electron chi connectivity index (χ3n) is 2.74. The summed E-state index contributed by atoms with van der Waals surface area (Å²) >= 11 is 0. The second kappa shape index (κ2) is 6.29. The molecule has 2 aromatic rings. The molecule has 0 radical (unpaired) electrons. The lowest BCUT2D eigenvalue weighted by atomic mass is 10.2. The van der Waals surface area contributed by atoms with E-state index in [0.29, 0.717) is 6.04 Å². The van der Waals surface area contributed by atoms with E-state index in [-0.39, 0.29) is 0 Å². The lowest BCUT2D eigenvalue weighted by Crippen LogP contribution is -2.22. The summed E-state index contributed by atoms with van der Waals surface area (Å²) in [6, 6.07) is 6.09. The number of nitrogens with one attached hydrogen (secondary N) is 1. The number of aromatic nitrogens is 2. The van der Waals surface area contributed by atoms with Crippen molar-refractivity contribution in [1.82, 2.24) is 15.3 Å². The van der Waals surface area contributed by atoms with Crippen LogP contribution in [0.25, 0.3) is 0 Å². The van der Waals surface area contributed by atoms with Crippen molar-refractivity contribution < 1.29 is 4.74 Å². The van der Waals surface area contributed by atoms with Crippen LogP contribution in [0.1, 0.15) is 25.1 Å². The van der Waals surface area contributed by atoms with Crippen LogP contribution in [-0.2, 0) is 6.54 Å². The first kappa shape index (κ1) is 13.5. The Balaban J connectivity index is 2.18. The summed E-state index contributed by atoms with van der Waals surface area (Å²) in [5, 5.41) is 3.37. The fourth-order valence-corrected chi connectivity index (χ4v) is 1.66. The smallest absolute Gasteiger partial charge is 0.148 e. The maximum absolute atomic E-state index is 5.93. The van der Waals surface area contributed by atoms with Gasteiger partial charge in [0.2, 0.25) is 0 Å². The molecule has 19 heavy (non-hydrogen) atoms. The van der Waals surface area contributed by atoms with Gasteiger partial charge in [-0.2, -0.15) is 0 Å². The standard InChI is InChI=1S/C15H19N3O/c1-11(2)18-10-13-9-16-8-6-15(13)19-14-5-4-7-17-12(14)3/h4-9,11,18H,10H2,1-3H3. The first-order valence-electron chi connectivity index (χ1n) is 6.42. The number of hydrogen-bond donors (Lipinski definition) is 1. The average molecular weight is 257 g/mol. The number of aryl methyl sites for hydroxylation is 1. The molecule has 0 saturated heterocycles. The Morgan fingerprint density at radius 2 is 2.05 bits per heavy atom. The molecule has 0 saturated carbocycles. The van der Waals surface area contributed by atoms with Crippen molar-refractivity contribution in [2.75, 3.05) is 0 Å². The van der Waals surface area contributed by atoms with Crippen molar-refractivity contribution in [3.05, 3.63) is 48.0 Å². The maximum atomic E-state index is 5.93. The van der Waals surface area contributed by atoms with Crippen molar-refractivity contribution in [2.24, 2.45) is 0 Å². The van der Waals surface area contributed by atoms with E-state index >= 15 is 0 Å². The van der Waals surface area contributed by atoms with Gasteiger partial charge in [-0.3, -0.25) is 9.97 Å². The minimum absolute atomic E-state index is 0.424. The molecule has 0 spiro atoms. The van der Waals surface area contributed by atoms with E-state index < -0.39 is 0 Å². The fourth-order valence-electron chi connectivity index (χ4n) is 1.66. The highest BCUT2D eigenvalue weighted by atomic mass is 16.5. The zero-order valence-electron chi connectivity index (χ0n) is 11.6. The van der Waals surface area contributed by atoms with Crippen molar-refractivity contribution in [2.45, 2.75) is 33.4 Å². The Kier molecular flexibility index (Phi) is 4.47. The largest absolute Gasteiger partial charge is 0.455 e. The Morgan fingerprint density at radius 1 is 1.21 bits per heavy atom. The molecule has 0 bridgehead atoms. The Morgan fingerprint density at radius 3 is 2.79 bits per heavy atom. The minimum Gasteiger partial charge on any atom is -0.455 e. The quantitative estimate of drug-likeness (QED) is 0.894. The van der Waals surface area contributed by atoms with E-state index in [9.17, 15) is 0 Å². The van der Waals surface area contributed by atoms with Gasteiger partial charge in [-0.25, -0.2) is 0 Å².